The lowest BCUT2D eigenvalue weighted by Gasteiger charge is -2.22. The Morgan fingerprint density at radius 1 is 1.00 bits per heavy atom. The van der Waals surface area contributed by atoms with Gasteiger partial charge in [0.1, 0.15) is 11.6 Å². The second-order valence-electron chi connectivity index (χ2n) is 7.57. The summed E-state index contributed by atoms with van der Waals surface area (Å²) in [7, 11) is 0. The van der Waals surface area contributed by atoms with Gasteiger partial charge >= 0.3 is 18.2 Å². The van der Waals surface area contributed by atoms with E-state index in [2.05, 4.69) is 15.5 Å². The van der Waals surface area contributed by atoms with E-state index in [0.29, 0.717) is 32.2 Å². The first-order chi connectivity index (χ1) is 14.0. The lowest BCUT2D eigenvalue weighted by Crippen LogP contribution is -2.43. The van der Waals surface area contributed by atoms with E-state index in [1.165, 1.54) is 0 Å². The first-order valence-electron chi connectivity index (χ1n) is 9.91. The number of carboxylic acid groups (broad SMARTS) is 1. The highest BCUT2D eigenvalue weighted by Crippen LogP contribution is 2.08. The number of nitrogens with one attached hydrogen (secondary N) is 2. The maximum Gasteiger partial charge on any atom is 0.408 e. The number of ether oxygens (including phenoxy) is 2. The molecule has 174 valence electrons. The van der Waals surface area contributed by atoms with Crippen LogP contribution in [0.4, 0.5) is 9.59 Å². The van der Waals surface area contributed by atoms with Crippen LogP contribution in [0.15, 0.2) is 0 Å². The van der Waals surface area contributed by atoms with Crippen molar-refractivity contribution in [3.05, 3.63) is 10.1 Å². The van der Waals surface area contributed by atoms with E-state index < -0.39 is 34.9 Å². The molecule has 12 nitrogen and oxygen atoms in total. The number of alkyl carbamates (subject to hydrolysis) is 2. The minimum atomic E-state index is -1.15. The van der Waals surface area contributed by atoms with Crippen LogP contribution in [0.25, 0.3) is 0 Å². The first-order valence-corrected chi connectivity index (χ1v) is 9.91. The molecule has 0 radical (unpaired) electrons. The summed E-state index contributed by atoms with van der Waals surface area (Å²) in [6.07, 6.45) is 2.54. The fourth-order valence-electron chi connectivity index (χ4n) is 2.28. The molecule has 0 aliphatic rings. The van der Waals surface area contributed by atoms with Crippen LogP contribution in [0, 0.1) is 10.1 Å². The van der Waals surface area contributed by atoms with Crippen molar-refractivity contribution in [2.75, 3.05) is 19.8 Å². The molecular weight excluding hydrogens is 402 g/mol. The molecular formula is C18H33N3O9. The molecule has 1 unspecified atom stereocenters. The van der Waals surface area contributed by atoms with Gasteiger partial charge in [-0.15, -0.1) is 10.1 Å². The predicted molar refractivity (Wildman–Crippen MR) is 105 cm³/mol. The summed E-state index contributed by atoms with van der Waals surface area (Å²) < 4.78 is 10.0. The zero-order valence-electron chi connectivity index (χ0n) is 17.8. The summed E-state index contributed by atoms with van der Waals surface area (Å²) in [5, 5.41) is 23.2. The van der Waals surface area contributed by atoms with E-state index >= 15 is 0 Å². The molecule has 0 heterocycles. The molecule has 3 N–H and O–H groups in total. The van der Waals surface area contributed by atoms with Crippen LogP contribution in [0.1, 0.15) is 65.7 Å². The van der Waals surface area contributed by atoms with Crippen molar-refractivity contribution in [2.24, 2.45) is 0 Å². The number of unbranched alkanes of at least 4 members (excludes halogenated alkanes) is 4. The topological polar surface area (TPSA) is 166 Å². The first kappa shape index (κ1) is 27.2. The van der Waals surface area contributed by atoms with Crippen LogP contribution in [-0.2, 0) is 19.1 Å². The molecule has 0 bridgehead atoms. The van der Waals surface area contributed by atoms with Crippen molar-refractivity contribution in [3.63, 3.8) is 0 Å². The largest absolute Gasteiger partial charge is 0.480 e. The van der Waals surface area contributed by atoms with Crippen LogP contribution in [0.2, 0.25) is 0 Å². The van der Waals surface area contributed by atoms with Crippen LogP contribution >= 0.6 is 0 Å². The number of hydrogen-bond donors (Lipinski definition) is 3. The lowest BCUT2D eigenvalue weighted by molar-refractivity contribution is -0.757. The Bertz CT molecular complexity index is 550. The molecule has 2 amide bonds. The fraction of sp³-hybridized carbons (Fsp3) is 0.833. The molecule has 12 heteroatoms. The van der Waals surface area contributed by atoms with Gasteiger partial charge in [-0.25, -0.2) is 14.4 Å². The third-order valence-electron chi connectivity index (χ3n) is 3.65. The summed E-state index contributed by atoms with van der Waals surface area (Å²) in [6, 6.07) is -1.07. The molecule has 30 heavy (non-hydrogen) atoms. The number of carbonyl (C=O) groups excluding carboxylic acids is 2. The maximum absolute atomic E-state index is 11.7. The van der Waals surface area contributed by atoms with E-state index in [1.807, 2.05) is 0 Å². The highest BCUT2D eigenvalue weighted by molar-refractivity contribution is 5.79. The average Bonchev–Trinajstić information content (AvgIpc) is 2.60. The highest BCUT2D eigenvalue weighted by Gasteiger charge is 2.23. The number of amides is 2. The Labute approximate surface area is 175 Å². The normalized spacial score (nSPS) is 11.8. The average molecular weight is 435 g/mol. The van der Waals surface area contributed by atoms with Gasteiger partial charge in [-0.3, -0.25) is 0 Å². The van der Waals surface area contributed by atoms with Gasteiger partial charge in [0.15, 0.2) is 0 Å². The molecule has 0 saturated heterocycles. The molecule has 0 fully saturated rings. The van der Waals surface area contributed by atoms with E-state index in [1.54, 1.807) is 20.8 Å². The highest BCUT2D eigenvalue weighted by atomic mass is 16.9. The number of carbonyl (C=O) groups is 3. The van der Waals surface area contributed by atoms with Crippen molar-refractivity contribution in [1.82, 2.24) is 10.6 Å². The van der Waals surface area contributed by atoms with Gasteiger partial charge in [0.05, 0.1) is 13.2 Å². The van der Waals surface area contributed by atoms with Crippen molar-refractivity contribution in [1.29, 1.82) is 0 Å². The standard InChI is InChI=1S/C18H33N3O9/c1-18(2,3)30-17(25)20-14(15(22)23)10-6-7-11-19-16(24)28-12-8-4-5-9-13-29-21(26)27/h14H,4-13H2,1-3H3,(H,19,24)(H,20,25)(H,22,23). The van der Waals surface area contributed by atoms with E-state index in [9.17, 15) is 29.6 Å². The molecule has 1 atom stereocenters. The van der Waals surface area contributed by atoms with Gasteiger partial charge in [0.2, 0.25) is 0 Å². The lowest BCUT2D eigenvalue weighted by atomic mass is 10.1. The Kier molecular flexibility index (Phi) is 13.7. The maximum atomic E-state index is 11.7. The van der Waals surface area contributed by atoms with Crippen molar-refractivity contribution in [3.8, 4) is 0 Å². The molecule has 0 saturated carbocycles. The summed E-state index contributed by atoms with van der Waals surface area (Å²) in [6.45, 7) is 5.66. The summed E-state index contributed by atoms with van der Waals surface area (Å²) in [5.41, 5.74) is -0.719. The zero-order valence-corrected chi connectivity index (χ0v) is 17.8. The minimum absolute atomic E-state index is 0.0599. The Morgan fingerprint density at radius 2 is 1.63 bits per heavy atom. The smallest absolute Gasteiger partial charge is 0.408 e. The predicted octanol–water partition coefficient (Wildman–Crippen LogP) is 2.63. The molecule has 0 rings (SSSR count). The molecule has 0 aliphatic carbocycles. The van der Waals surface area contributed by atoms with Gasteiger partial charge in [-0.1, -0.05) is 6.42 Å². The Morgan fingerprint density at radius 3 is 2.20 bits per heavy atom. The van der Waals surface area contributed by atoms with E-state index in [-0.39, 0.29) is 19.6 Å². The van der Waals surface area contributed by atoms with Gasteiger partial charge < -0.3 is 30.1 Å². The van der Waals surface area contributed by atoms with Crippen LogP contribution in [0.3, 0.4) is 0 Å². The number of hydrogen-bond acceptors (Lipinski definition) is 8. The quantitative estimate of drug-likeness (QED) is 0.199. The van der Waals surface area contributed by atoms with Crippen molar-refractivity contribution >= 4 is 18.2 Å². The van der Waals surface area contributed by atoms with Crippen LogP contribution in [-0.4, -0.2) is 59.8 Å². The van der Waals surface area contributed by atoms with Gasteiger partial charge in [-0.05, 0) is 59.3 Å². The molecule has 0 aliphatic heterocycles. The summed E-state index contributed by atoms with van der Waals surface area (Å²) in [4.78, 5) is 48.6. The number of aliphatic carboxylic acids is 1. The third kappa shape index (κ3) is 17.3. The molecule has 0 aromatic heterocycles. The fourth-order valence-corrected chi connectivity index (χ4v) is 2.28. The molecule has 0 aromatic rings. The van der Waals surface area contributed by atoms with Crippen molar-refractivity contribution < 1.29 is 38.9 Å². The number of nitrogens with zero attached hydrogens (tertiary/aromatic N) is 1. The number of rotatable bonds is 15. The van der Waals surface area contributed by atoms with E-state index in [0.717, 1.165) is 12.8 Å². The van der Waals surface area contributed by atoms with Gasteiger partial charge in [-0.2, -0.15) is 0 Å². The van der Waals surface area contributed by atoms with Crippen molar-refractivity contribution in [2.45, 2.75) is 77.4 Å². The Balaban J connectivity index is 3.76. The second-order valence-corrected chi connectivity index (χ2v) is 7.57. The molecule has 0 aromatic carbocycles. The van der Waals surface area contributed by atoms with E-state index in [4.69, 9.17) is 9.47 Å². The number of carboxylic acids is 1. The minimum Gasteiger partial charge on any atom is -0.480 e. The SMILES string of the molecule is CC(C)(C)OC(=O)NC(CCCCNC(=O)OCCCCCCO[N+](=O)[O-])C(=O)O. The Hall–Kier alpha value is -2.79. The van der Waals surface area contributed by atoms with Gasteiger partial charge in [0, 0.05) is 6.54 Å². The molecule has 0 spiro atoms. The summed E-state index contributed by atoms with van der Waals surface area (Å²) >= 11 is 0. The second kappa shape index (κ2) is 15.1. The third-order valence-corrected chi connectivity index (χ3v) is 3.65. The summed E-state index contributed by atoms with van der Waals surface area (Å²) in [5.74, 6) is -1.15. The monoisotopic (exact) mass is 435 g/mol. The van der Waals surface area contributed by atoms with Gasteiger partial charge in [0.25, 0.3) is 5.09 Å². The zero-order chi connectivity index (χ0) is 23.0. The van der Waals surface area contributed by atoms with Crippen LogP contribution < -0.4 is 10.6 Å². The van der Waals surface area contributed by atoms with Crippen LogP contribution in [0.5, 0.6) is 0 Å².